The van der Waals surface area contributed by atoms with Crippen LogP contribution < -0.4 is 0 Å². The van der Waals surface area contributed by atoms with Gasteiger partial charge in [0, 0.05) is 43.9 Å². The van der Waals surface area contributed by atoms with Crippen molar-refractivity contribution >= 4 is 43.6 Å². The van der Waals surface area contributed by atoms with E-state index in [2.05, 4.69) is 173 Å². The second-order valence-electron chi connectivity index (χ2n) is 14.0. The maximum Gasteiger partial charge on any atom is 0.166 e. The van der Waals surface area contributed by atoms with Crippen molar-refractivity contribution in [2.24, 2.45) is 0 Å². The smallest absolute Gasteiger partial charge is 0.166 e. The third-order valence-electron chi connectivity index (χ3n) is 10.8. The van der Waals surface area contributed by atoms with Gasteiger partial charge in [-0.1, -0.05) is 158 Å². The van der Waals surface area contributed by atoms with E-state index >= 15 is 0 Å². The highest BCUT2D eigenvalue weighted by atomic mass is 15.1. The number of nitrogens with zero attached hydrogens (tertiary/aromatic N) is 5. The van der Waals surface area contributed by atoms with Gasteiger partial charge in [-0.2, -0.15) is 0 Å². The molecule has 262 valence electrons. The molecule has 0 amide bonds. The van der Waals surface area contributed by atoms with Gasteiger partial charge in [0.2, 0.25) is 0 Å². The SMILES string of the molecule is c1ccc(-c2ccc3c(c2)c2ccccc2n3-c2c(-c3nc(-c4ccccc4)nc(-c4ccccc4)n3)ccc3c4ccccc4n(-c4ccccc4)c23)cc1. The highest BCUT2D eigenvalue weighted by Crippen LogP contribution is 2.44. The van der Waals surface area contributed by atoms with Crippen LogP contribution in [-0.4, -0.2) is 24.1 Å². The number of para-hydroxylation sites is 3. The molecule has 5 nitrogen and oxygen atoms in total. The highest BCUT2D eigenvalue weighted by molar-refractivity contribution is 6.17. The molecule has 11 aromatic rings. The first kappa shape index (κ1) is 31.9. The Bertz CT molecular complexity index is 3160. The zero-order valence-electron chi connectivity index (χ0n) is 30.3. The quantitative estimate of drug-likeness (QED) is 0.172. The van der Waals surface area contributed by atoms with Gasteiger partial charge in [0.05, 0.1) is 27.8 Å². The monoisotopic (exact) mass is 715 g/mol. The van der Waals surface area contributed by atoms with E-state index in [9.17, 15) is 0 Å². The van der Waals surface area contributed by atoms with Gasteiger partial charge in [0.15, 0.2) is 17.5 Å². The van der Waals surface area contributed by atoms with Crippen LogP contribution in [0.5, 0.6) is 0 Å². The minimum atomic E-state index is 0.603. The normalized spacial score (nSPS) is 11.6. The van der Waals surface area contributed by atoms with Crippen molar-refractivity contribution in [2.75, 3.05) is 0 Å². The minimum Gasteiger partial charge on any atom is -0.307 e. The molecule has 0 atom stereocenters. The first-order chi connectivity index (χ1) is 27.8. The Hall–Kier alpha value is -7.63. The molecular weight excluding hydrogens is 683 g/mol. The molecular formula is C51H33N5. The Balaban J connectivity index is 1.32. The van der Waals surface area contributed by atoms with Gasteiger partial charge in [0.1, 0.15) is 0 Å². The molecule has 0 saturated carbocycles. The van der Waals surface area contributed by atoms with Crippen molar-refractivity contribution in [1.29, 1.82) is 0 Å². The molecule has 56 heavy (non-hydrogen) atoms. The number of fused-ring (bicyclic) bond motifs is 6. The van der Waals surface area contributed by atoms with E-state index in [4.69, 9.17) is 15.0 Å². The molecule has 0 radical (unpaired) electrons. The summed E-state index contributed by atoms with van der Waals surface area (Å²) >= 11 is 0. The van der Waals surface area contributed by atoms with Gasteiger partial charge < -0.3 is 9.13 Å². The Kier molecular flexibility index (Phi) is 7.42. The molecule has 0 unspecified atom stereocenters. The number of aromatic nitrogens is 5. The summed E-state index contributed by atoms with van der Waals surface area (Å²) in [5, 5.41) is 4.68. The lowest BCUT2D eigenvalue weighted by Crippen LogP contribution is -2.06. The van der Waals surface area contributed by atoms with Crippen molar-refractivity contribution in [2.45, 2.75) is 0 Å². The van der Waals surface area contributed by atoms with Crippen LogP contribution >= 0.6 is 0 Å². The highest BCUT2D eigenvalue weighted by Gasteiger charge is 2.25. The van der Waals surface area contributed by atoms with Crippen LogP contribution in [0.25, 0.3) is 100 Å². The summed E-state index contributed by atoms with van der Waals surface area (Å²) in [4.78, 5) is 15.7. The van der Waals surface area contributed by atoms with Crippen LogP contribution in [0.3, 0.4) is 0 Å². The Morgan fingerprint density at radius 1 is 0.304 bits per heavy atom. The van der Waals surface area contributed by atoms with Crippen LogP contribution in [0, 0.1) is 0 Å². The second-order valence-corrected chi connectivity index (χ2v) is 14.0. The summed E-state index contributed by atoms with van der Waals surface area (Å²) in [6, 6.07) is 70.3. The average molecular weight is 716 g/mol. The summed E-state index contributed by atoms with van der Waals surface area (Å²) in [6.07, 6.45) is 0. The molecule has 0 spiro atoms. The molecule has 0 saturated heterocycles. The van der Waals surface area contributed by atoms with Crippen LogP contribution in [0.4, 0.5) is 0 Å². The van der Waals surface area contributed by atoms with E-state index in [1.54, 1.807) is 0 Å². The minimum absolute atomic E-state index is 0.603. The summed E-state index contributed by atoms with van der Waals surface area (Å²) in [6.45, 7) is 0. The molecule has 0 aliphatic rings. The van der Waals surface area contributed by atoms with Crippen LogP contribution in [0.1, 0.15) is 0 Å². The predicted molar refractivity (Wildman–Crippen MR) is 230 cm³/mol. The van der Waals surface area contributed by atoms with Crippen molar-refractivity contribution in [1.82, 2.24) is 24.1 Å². The maximum atomic E-state index is 5.30. The molecule has 0 fully saturated rings. The third kappa shape index (κ3) is 5.13. The maximum absolute atomic E-state index is 5.30. The zero-order valence-corrected chi connectivity index (χ0v) is 30.3. The fourth-order valence-electron chi connectivity index (χ4n) is 8.25. The summed E-state index contributed by atoms with van der Waals surface area (Å²) in [5.41, 5.74) is 11.6. The number of hydrogen-bond donors (Lipinski definition) is 0. The van der Waals surface area contributed by atoms with Crippen LogP contribution in [-0.2, 0) is 0 Å². The molecule has 0 bridgehead atoms. The molecule has 5 heteroatoms. The summed E-state index contributed by atoms with van der Waals surface area (Å²) < 4.78 is 4.84. The Morgan fingerprint density at radius 3 is 1.41 bits per heavy atom. The van der Waals surface area contributed by atoms with E-state index in [0.717, 1.165) is 55.5 Å². The molecule has 3 aromatic heterocycles. The third-order valence-corrected chi connectivity index (χ3v) is 10.8. The van der Waals surface area contributed by atoms with Gasteiger partial charge >= 0.3 is 0 Å². The zero-order chi connectivity index (χ0) is 37.0. The summed E-state index contributed by atoms with van der Waals surface area (Å²) in [5.74, 6) is 1.85. The van der Waals surface area contributed by atoms with E-state index in [0.29, 0.717) is 17.5 Å². The van der Waals surface area contributed by atoms with Crippen molar-refractivity contribution in [3.63, 3.8) is 0 Å². The van der Waals surface area contributed by atoms with Gasteiger partial charge in [-0.05, 0) is 53.6 Å². The van der Waals surface area contributed by atoms with E-state index < -0.39 is 0 Å². The fourth-order valence-corrected chi connectivity index (χ4v) is 8.25. The van der Waals surface area contributed by atoms with Gasteiger partial charge in [-0.3, -0.25) is 0 Å². The van der Waals surface area contributed by atoms with Gasteiger partial charge in [-0.25, -0.2) is 15.0 Å². The lowest BCUT2D eigenvalue weighted by Gasteiger charge is -2.18. The number of rotatable bonds is 6. The molecule has 11 rings (SSSR count). The Labute approximate surface area is 323 Å². The van der Waals surface area contributed by atoms with E-state index in [-0.39, 0.29) is 0 Å². The van der Waals surface area contributed by atoms with Gasteiger partial charge in [-0.15, -0.1) is 0 Å². The van der Waals surface area contributed by atoms with Crippen LogP contribution in [0.15, 0.2) is 200 Å². The second kappa shape index (κ2) is 13.0. The lowest BCUT2D eigenvalue weighted by atomic mass is 10.0. The summed E-state index contributed by atoms with van der Waals surface area (Å²) in [7, 11) is 0. The lowest BCUT2D eigenvalue weighted by molar-refractivity contribution is 1.06. The first-order valence-electron chi connectivity index (χ1n) is 18.9. The Morgan fingerprint density at radius 2 is 0.786 bits per heavy atom. The molecule has 0 aliphatic carbocycles. The standard InChI is InChI=1S/C51H33N5/c1-5-17-34(18-6-1)37-29-32-46-43(33-37)40-26-14-16-28-45(40)56(46)48-42(31-30-41-39-25-13-15-27-44(39)55(47(41)48)38-23-11-4-12-24-38)51-53-49(35-19-7-2-8-20-35)52-50(54-51)36-21-9-3-10-22-36/h1-33H. The van der Waals surface area contributed by atoms with E-state index in [1.807, 2.05) is 36.4 Å². The van der Waals surface area contributed by atoms with Crippen molar-refractivity contribution in [3.8, 4) is 56.7 Å². The number of hydrogen-bond acceptors (Lipinski definition) is 3. The molecule has 0 N–H and O–H groups in total. The predicted octanol–water partition coefficient (Wildman–Crippen LogP) is 12.7. The molecule has 8 aromatic carbocycles. The molecule has 0 aliphatic heterocycles. The number of benzene rings is 8. The van der Waals surface area contributed by atoms with E-state index in [1.165, 1.54) is 27.3 Å². The van der Waals surface area contributed by atoms with Crippen molar-refractivity contribution < 1.29 is 0 Å². The van der Waals surface area contributed by atoms with Gasteiger partial charge in [0.25, 0.3) is 0 Å². The van der Waals surface area contributed by atoms with Crippen LogP contribution in [0.2, 0.25) is 0 Å². The topological polar surface area (TPSA) is 48.5 Å². The average Bonchev–Trinajstić information content (AvgIpc) is 3.80. The largest absolute Gasteiger partial charge is 0.307 e. The van der Waals surface area contributed by atoms with Crippen molar-refractivity contribution in [3.05, 3.63) is 200 Å². The first-order valence-corrected chi connectivity index (χ1v) is 18.9. The fraction of sp³-hybridized carbons (Fsp3) is 0. The molecule has 3 heterocycles.